The van der Waals surface area contributed by atoms with Crippen LogP contribution < -0.4 is 0 Å². The van der Waals surface area contributed by atoms with Gasteiger partial charge in [-0.1, -0.05) is 133 Å². The lowest BCUT2D eigenvalue weighted by Gasteiger charge is -2.22. The number of fused-ring (bicyclic) bond motifs is 3. The lowest BCUT2D eigenvalue weighted by molar-refractivity contribution is 0.818. The van der Waals surface area contributed by atoms with Crippen LogP contribution in [0.25, 0.3) is 71.4 Å². The summed E-state index contributed by atoms with van der Waals surface area (Å²) >= 11 is 0. The van der Waals surface area contributed by atoms with E-state index in [-0.39, 0.29) is 5.92 Å². The molecule has 2 aromatic heterocycles. The molecule has 0 radical (unpaired) electrons. The van der Waals surface area contributed by atoms with Crippen molar-refractivity contribution >= 4 is 37.9 Å². The lowest BCUT2D eigenvalue weighted by atomic mass is 9.82. The van der Waals surface area contributed by atoms with Crippen molar-refractivity contribution in [3.8, 4) is 33.5 Å². The van der Waals surface area contributed by atoms with Crippen molar-refractivity contribution in [1.29, 1.82) is 0 Å². The van der Waals surface area contributed by atoms with E-state index in [4.69, 9.17) is 0 Å². The first-order chi connectivity index (χ1) is 23.8. The van der Waals surface area contributed by atoms with Gasteiger partial charge in [0.25, 0.3) is 0 Å². The molecule has 0 fully saturated rings. The molecule has 0 saturated heterocycles. The van der Waals surface area contributed by atoms with E-state index < -0.39 is 0 Å². The number of aromatic nitrogens is 2. The van der Waals surface area contributed by atoms with Crippen molar-refractivity contribution in [2.24, 2.45) is 0 Å². The molecule has 0 bridgehead atoms. The van der Waals surface area contributed by atoms with Crippen molar-refractivity contribution in [2.45, 2.75) is 12.3 Å². The third kappa shape index (κ3) is 4.90. The highest BCUT2D eigenvalue weighted by Crippen LogP contribution is 2.45. The Bertz CT molecular complexity index is 2500. The molecule has 9 rings (SSSR count). The van der Waals surface area contributed by atoms with Crippen LogP contribution in [0.2, 0.25) is 0 Å². The van der Waals surface area contributed by atoms with Gasteiger partial charge in [-0.25, -0.2) is 0 Å². The zero-order valence-electron chi connectivity index (χ0n) is 26.4. The summed E-state index contributed by atoms with van der Waals surface area (Å²) < 4.78 is 0. The summed E-state index contributed by atoms with van der Waals surface area (Å²) in [6.45, 7) is 0. The number of pyridine rings is 2. The fourth-order valence-corrected chi connectivity index (χ4v) is 7.41. The van der Waals surface area contributed by atoms with Gasteiger partial charge in [0.05, 0.1) is 5.69 Å². The fourth-order valence-electron chi connectivity index (χ4n) is 7.41. The molecule has 1 atom stereocenters. The van der Waals surface area contributed by atoms with E-state index in [1.807, 2.05) is 30.6 Å². The van der Waals surface area contributed by atoms with Gasteiger partial charge in [0.1, 0.15) is 0 Å². The normalized spacial score (nSPS) is 14.4. The van der Waals surface area contributed by atoms with Crippen LogP contribution in [0.15, 0.2) is 176 Å². The third-order valence-electron chi connectivity index (χ3n) is 9.71. The minimum atomic E-state index is 0.280. The summed E-state index contributed by atoms with van der Waals surface area (Å²) in [7, 11) is 0. The maximum Gasteiger partial charge on any atom is 0.0701 e. The second kappa shape index (κ2) is 11.9. The van der Waals surface area contributed by atoms with E-state index in [0.29, 0.717) is 0 Å². The van der Waals surface area contributed by atoms with Crippen LogP contribution >= 0.6 is 0 Å². The third-order valence-corrected chi connectivity index (χ3v) is 9.71. The van der Waals surface area contributed by atoms with Gasteiger partial charge >= 0.3 is 0 Å². The van der Waals surface area contributed by atoms with Crippen molar-refractivity contribution in [2.75, 3.05) is 0 Å². The Kier molecular flexibility index (Phi) is 6.98. The van der Waals surface area contributed by atoms with Gasteiger partial charge in [0.2, 0.25) is 0 Å². The molecular weight excluding hydrogens is 581 g/mol. The number of benzene rings is 6. The van der Waals surface area contributed by atoms with E-state index in [1.54, 1.807) is 0 Å². The number of allylic oxidation sites excluding steroid dienone is 4. The second-order valence-corrected chi connectivity index (χ2v) is 12.5. The number of nitrogens with zero attached hydrogens (tertiary/aromatic N) is 2. The highest BCUT2D eigenvalue weighted by Gasteiger charge is 2.21. The molecular formula is C46H32N2. The first kappa shape index (κ1) is 28.1. The van der Waals surface area contributed by atoms with Crippen molar-refractivity contribution in [3.05, 3.63) is 187 Å². The van der Waals surface area contributed by atoms with Gasteiger partial charge in [0, 0.05) is 29.6 Å². The van der Waals surface area contributed by atoms with Crippen LogP contribution in [0.3, 0.4) is 0 Å². The Morgan fingerprint density at radius 3 is 1.90 bits per heavy atom. The molecule has 6 aromatic carbocycles. The molecule has 2 heterocycles. The SMILES string of the molecule is C1=CC(c2ccccn2)CC=C1c1c2ccccc2c(-c2ccc(-c3ccccn3)cc2)c2cc(-c3cccc4ccccc34)ccc12. The van der Waals surface area contributed by atoms with Crippen LogP contribution in [0.5, 0.6) is 0 Å². The summed E-state index contributed by atoms with van der Waals surface area (Å²) in [5.41, 5.74) is 10.7. The first-order valence-corrected chi connectivity index (χ1v) is 16.6. The number of rotatable bonds is 5. The first-order valence-electron chi connectivity index (χ1n) is 16.6. The Morgan fingerprint density at radius 1 is 0.479 bits per heavy atom. The standard InChI is InChI=1S/C46H32N2/c1-2-12-37-31(10-1)11-9-15-38(37)36-26-27-41-42(30-36)46(35-24-20-33(21-25-35)44-17-6-8-29-48-44)40-14-4-3-13-39(40)45(41)34-22-18-32(19-23-34)43-16-5-7-28-47-43/h1-18,20-30,32H,19H2. The van der Waals surface area contributed by atoms with Crippen molar-refractivity contribution in [3.63, 3.8) is 0 Å². The summed E-state index contributed by atoms with van der Waals surface area (Å²) in [5, 5.41) is 7.54. The van der Waals surface area contributed by atoms with Gasteiger partial charge in [-0.15, -0.1) is 0 Å². The van der Waals surface area contributed by atoms with Crippen LogP contribution in [0.4, 0.5) is 0 Å². The minimum Gasteiger partial charge on any atom is -0.261 e. The summed E-state index contributed by atoms with van der Waals surface area (Å²) in [5.74, 6) is 0.280. The largest absolute Gasteiger partial charge is 0.261 e. The van der Waals surface area contributed by atoms with Crippen molar-refractivity contribution in [1.82, 2.24) is 9.97 Å². The molecule has 2 nitrogen and oxygen atoms in total. The van der Waals surface area contributed by atoms with E-state index >= 15 is 0 Å². The topological polar surface area (TPSA) is 25.8 Å². The number of hydrogen-bond donors (Lipinski definition) is 0. The Morgan fingerprint density at radius 2 is 1.15 bits per heavy atom. The predicted octanol–water partition coefficient (Wildman–Crippen LogP) is 12.1. The van der Waals surface area contributed by atoms with Gasteiger partial charge in [-0.05, 0) is 102 Å². The zero-order chi connectivity index (χ0) is 31.9. The molecule has 0 aliphatic heterocycles. The smallest absolute Gasteiger partial charge is 0.0701 e. The summed E-state index contributed by atoms with van der Waals surface area (Å²) in [6.07, 6.45) is 11.7. The Balaban J connectivity index is 1.28. The quantitative estimate of drug-likeness (QED) is 0.181. The maximum absolute atomic E-state index is 4.65. The van der Waals surface area contributed by atoms with Gasteiger partial charge in [-0.3, -0.25) is 9.97 Å². The average Bonchev–Trinajstić information content (AvgIpc) is 3.17. The second-order valence-electron chi connectivity index (χ2n) is 12.5. The molecule has 2 heteroatoms. The van der Waals surface area contributed by atoms with Gasteiger partial charge in [0.15, 0.2) is 0 Å². The molecule has 226 valence electrons. The maximum atomic E-state index is 4.65. The molecule has 0 spiro atoms. The minimum absolute atomic E-state index is 0.280. The monoisotopic (exact) mass is 612 g/mol. The van der Waals surface area contributed by atoms with Crippen LogP contribution in [-0.2, 0) is 0 Å². The fraction of sp³-hybridized carbons (Fsp3) is 0.0435. The molecule has 48 heavy (non-hydrogen) atoms. The average molecular weight is 613 g/mol. The predicted molar refractivity (Wildman–Crippen MR) is 202 cm³/mol. The molecule has 1 aliphatic carbocycles. The van der Waals surface area contributed by atoms with Gasteiger partial charge in [-0.2, -0.15) is 0 Å². The van der Waals surface area contributed by atoms with Crippen LogP contribution in [0.1, 0.15) is 23.6 Å². The highest BCUT2D eigenvalue weighted by atomic mass is 14.7. The summed E-state index contributed by atoms with van der Waals surface area (Å²) in [4.78, 5) is 9.24. The molecule has 0 saturated carbocycles. The van der Waals surface area contributed by atoms with Crippen LogP contribution in [0, 0.1) is 0 Å². The van der Waals surface area contributed by atoms with Gasteiger partial charge < -0.3 is 0 Å². The van der Waals surface area contributed by atoms with Crippen molar-refractivity contribution < 1.29 is 0 Å². The van der Waals surface area contributed by atoms with E-state index in [2.05, 4.69) is 156 Å². The summed E-state index contributed by atoms with van der Waals surface area (Å²) in [6, 6.07) is 52.4. The molecule has 0 amide bonds. The lowest BCUT2D eigenvalue weighted by Crippen LogP contribution is -2.01. The van der Waals surface area contributed by atoms with E-state index in [9.17, 15) is 0 Å². The van der Waals surface area contributed by atoms with Crippen LogP contribution in [-0.4, -0.2) is 9.97 Å². The highest BCUT2D eigenvalue weighted by molar-refractivity contribution is 6.20. The van der Waals surface area contributed by atoms with E-state index in [0.717, 1.165) is 23.4 Å². The molecule has 1 unspecified atom stereocenters. The zero-order valence-corrected chi connectivity index (χ0v) is 26.4. The molecule has 0 N–H and O–H groups in total. The number of hydrogen-bond acceptors (Lipinski definition) is 2. The Hall–Kier alpha value is -6.12. The molecule has 1 aliphatic rings. The Labute approximate surface area is 280 Å². The van der Waals surface area contributed by atoms with E-state index in [1.165, 1.54) is 65.7 Å². The molecule has 8 aromatic rings.